The number of carbonyl (C=O) groups is 4. The maximum Gasteiger partial charge on any atom is 0.343 e. The van der Waals surface area contributed by atoms with Crippen LogP contribution in [0.5, 0.6) is 17.2 Å². The Hall–Kier alpha value is -5.64. The van der Waals surface area contributed by atoms with Gasteiger partial charge >= 0.3 is 5.97 Å². The lowest BCUT2D eigenvalue weighted by Gasteiger charge is -2.24. The van der Waals surface area contributed by atoms with Gasteiger partial charge in [-0.05, 0) is 111 Å². The Morgan fingerprint density at radius 2 is 1.28 bits per heavy atom. The van der Waals surface area contributed by atoms with E-state index in [-0.39, 0.29) is 18.3 Å². The minimum Gasteiger partial charge on any atom is -0.497 e. The predicted octanol–water partition coefficient (Wildman–Crippen LogP) is 9.57. The number of nitrogens with one attached hydrogen (secondary N) is 1. The molecule has 0 spiro atoms. The van der Waals surface area contributed by atoms with Gasteiger partial charge in [0, 0.05) is 24.3 Å². The molecule has 290 valence electrons. The number of hydrogen-bond donors (Lipinski definition) is 2. The normalized spacial score (nSPS) is 10.4. The molecule has 2 amide bonds. The van der Waals surface area contributed by atoms with E-state index in [9.17, 15) is 14.4 Å². The Kier molecular flexibility index (Phi) is 19.6. The van der Waals surface area contributed by atoms with Crippen molar-refractivity contribution < 1.29 is 38.5 Å². The summed E-state index contributed by atoms with van der Waals surface area (Å²) in [4.78, 5) is 49.3. The second-order valence-electron chi connectivity index (χ2n) is 12.6. The number of carbonyl (C=O) groups excluding carboxylic acids is 3. The number of unbranched alkanes of at least 4 members (excludes halogenated alkanes) is 4. The first kappa shape index (κ1) is 44.5. The molecular formula is C44H56N2O8. The lowest BCUT2D eigenvalue weighted by molar-refractivity contribution is -0.123. The molecule has 54 heavy (non-hydrogen) atoms. The SMILES string of the molecule is CC.CCCCCCCOc1ccc(C(=O)Oc2ccc(CN(CC)C(=O)c3ccc(NC(=O)C(C)(C)c4ccc(OC)cc4)cc3)cc2)cc1.O=CO. The van der Waals surface area contributed by atoms with Crippen LogP contribution in [0, 0.1) is 0 Å². The van der Waals surface area contributed by atoms with E-state index in [0.29, 0.717) is 42.3 Å². The van der Waals surface area contributed by atoms with Crippen molar-refractivity contribution in [3.8, 4) is 17.2 Å². The van der Waals surface area contributed by atoms with Crippen LogP contribution in [0.3, 0.4) is 0 Å². The molecule has 0 heterocycles. The molecule has 0 aliphatic carbocycles. The number of methoxy groups -OCH3 is 1. The number of carboxylic acid groups (broad SMARTS) is 1. The first-order chi connectivity index (χ1) is 26.1. The average Bonchev–Trinajstić information content (AvgIpc) is 3.20. The van der Waals surface area contributed by atoms with Gasteiger partial charge in [-0.15, -0.1) is 0 Å². The van der Waals surface area contributed by atoms with Gasteiger partial charge in [0.1, 0.15) is 17.2 Å². The number of anilines is 1. The molecule has 0 fully saturated rings. The van der Waals surface area contributed by atoms with Crippen LogP contribution in [0.2, 0.25) is 0 Å². The lowest BCUT2D eigenvalue weighted by atomic mass is 9.83. The number of hydrogen-bond acceptors (Lipinski definition) is 7. The van der Waals surface area contributed by atoms with Gasteiger partial charge in [-0.2, -0.15) is 0 Å². The van der Waals surface area contributed by atoms with Crippen LogP contribution in [0.25, 0.3) is 0 Å². The molecule has 10 heteroatoms. The molecule has 0 radical (unpaired) electrons. The smallest absolute Gasteiger partial charge is 0.343 e. The molecule has 0 aliphatic rings. The third-order valence-corrected chi connectivity index (χ3v) is 8.55. The molecule has 0 atom stereocenters. The quantitative estimate of drug-likeness (QED) is 0.0474. The summed E-state index contributed by atoms with van der Waals surface area (Å²) >= 11 is 0. The van der Waals surface area contributed by atoms with Gasteiger partial charge in [0.05, 0.1) is 24.7 Å². The summed E-state index contributed by atoms with van der Waals surface area (Å²) in [5.74, 6) is 1.15. The summed E-state index contributed by atoms with van der Waals surface area (Å²) in [5.41, 5.74) is 2.55. The number of esters is 1. The van der Waals surface area contributed by atoms with Gasteiger partial charge in [-0.1, -0.05) is 70.7 Å². The van der Waals surface area contributed by atoms with E-state index in [1.165, 1.54) is 19.3 Å². The van der Waals surface area contributed by atoms with Crippen LogP contribution in [-0.2, 0) is 21.5 Å². The maximum absolute atomic E-state index is 13.4. The van der Waals surface area contributed by atoms with E-state index < -0.39 is 11.4 Å². The largest absolute Gasteiger partial charge is 0.497 e. The number of benzene rings is 4. The van der Waals surface area contributed by atoms with E-state index in [2.05, 4.69) is 12.2 Å². The standard InChI is InChI=1S/C41H48N2O6.C2H6.CH2O2/c1-6-8-9-10-11-28-48-36-24-16-32(17-25-36)39(45)49-37-22-12-30(13-23-37)29-43(7-2)38(44)31-14-20-34(21-15-31)42-40(46)41(3,4)33-18-26-35(47-5)27-19-33;1-2;2-1-3/h12-27H,6-11,28-29H2,1-5H3,(H,42,46);1-2H3;1H,(H,2,3). The van der Waals surface area contributed by atoms with Crippen molar-refractivity contribution in [2.75, 3.05) is 25.6 Å². The molecule has 0 aromatic heterocycles. The third kappa shape index (κ3) is 14.1. The van der Waals surface area contributed by atoms with Gasteiger partial charge < -0.3 is 29.5 Å². The highest BCUT2D eigenvalue weighted by molar-refractivity contribution is 5.99. The minimum absolute atomic E-state index is 0.127. The monoisotopic (exact) mass is 740 g/mol. The first-order valence-electron chi connectivity index (χ1n) is 18.5. The molecule has 0 aliphatic heterocycles. The fourth-order valence-electron chi connectivity index (χ4n) is 5.26. The van der Waals surface area contributed by atoms with Crippen molar-refractivity contribution >= 4 is 29.9 Å². The van der Waals surface area contributed by atoms with Crippen molar-refractivity contribution in [2.45, 2.75) is 85.6 Å². The zero-order valence-electron chi connectivity index (χ0n) is 32.7. The number of amides is 2. The fourth-order valence-corrected chi connectivity index (χ4v) is 5.26. The van der Waals surface area contributed by atoms with Crippen LogP contribution in [0.15, 0.2) is 97.1 Å². The highest BCUT2D eigenvalue weighted by Crippen LogP contribution is 2.27. The Labute approximate surface area is 320 Å². The van der Waals surface area contributed by atoms with Gasteiger partial charge in [0.15, 0.2) is 0 Å². The van der Waals surface area contributed by atoms with Crippen LogP contribution >= 0.6 is 0 Å². The van der Waals surface area contributed by atoms with Crippen molar-refractivity contribution in [1.29, 1.82) is 0 Å². The summed E-state index contributed by atoms with van der Waals surface area (Å²) in [6.45, 7) is 13.2. The molecule has 10 nitrogen and oxygen atoms in total. The van der Waals surface area contributed by atoms with Crippen LogP contribution in [0.1, 0.15) is 105 Å². The maximum atomic E-state index is 13.4. The van der Waals surface area contributed by atoms with Crippen molar-refractivity contribution in [2.24, 2.45) is 0 Å². The molecule has 0 saturated heterocycles. The van der Waals surface area contributed by atoms with Crippen molar-refractivity contribution in [3.05, 3.63) is 119 Å². The second kappa shape index (κ2) is 23.8. The van der Waals surface area contributed by atoms with Crippen molar-refractivity contribution in [1.82, 2.24) is 4.90 Å². The molecular weight excluding hydrogens is 684 g/mol. The van der Waals surface area contributed by atoms with Crippen LogP contribution in [0.4, 0.5) is 5.69 Å². The van der Waals surface area contributed by atoms with E-state index in [0.717, 1.165) is 35.5 Å². The molecule has 0 saturated carbocycles. The second-order valence-corrected chi connectivity index (χ2v) is 12.6. The molecule has 0 bridgehead atoms. The Morgan fingerprint density at radius 1 is 0.741 bits per heavy atom. The zero-order valence-corrected chi connectivity index (χ0v) is 32.7. The van der Waals surface area contributed by atoms with Crippen LogP contribution < -0.4 is 19.5 Å². The third-order valence-electron chi connectivity index (χ3n) is 8.55. The van der Waals surface area contributed by atoms with Crippen molar-refractivity contribution in [3.63, 3.8) is 0 Å². The highest BCUT2D eigenvalue weighted by Gasteiger charge is 2.30. The number of ether oxygens (including phenoxy) is 3. The zero-order chi connectivity index (χ0) is 39.9. The van der Waals surface area contributed by atoms with Gasteiger partial charge in [0.2, 0.25) is 5.91 Å². The molecule has 4 aromatic carbocycles. The Morgan fingerprint density at radius 3 is 1.83 bits per heavy atom. The van der Waals surface area contributed by atoms with E-state index in [4.69, 9.17) is 24.1 Å². The van der Waals surface area contributed by atoms with Crippen LogP contribution in [-0.4, -0.2) is 54.5 Å². The first-order valence-corrected chi connectivity index (χ1v) is 18.5. The molecule has 4 aromatic rings. The van der Waals surface area contributed by atoms with E-state index in [1.54, 1.807) is 72.7 Å². The number of rotatable bonds is 17. The highest BCUT2D eigenvalue weighted by atomic mass is 16.5. The fraction of sp³-hybridized carbons (Fsp3) is 0.364. The topological polar surface area (TPSA) is 131 Å². The lowest BCUT2D eigenvalue weighted by Crippen LogP contribution is -2.34. The molecule has 2 N–H and O–H groups in total. The minimum atomic E-state index is -0.776. The summed E-state index contributed by atoms with van der Waals surface area (Å²) in [6.07, 6.45) is 5.87. The molecule has 0 unspecified atom stereocenters. The predicted molar refractivity (Wildman–Crippen MR) is 214 cm³/mol. The van der Waals surface area contributed by atoms with Gasteiger partial charge in [-0.3, -0.25) is 14.4 Å². The Balaban J connectivity index is 0.00000192. The van der Waals surface area contributed by atoms with E-state index >= 15 is 0 Å². The van der Waals surface area contributed by atoms with Gasteiger partial charge in [0.25, 0.3) is 12.4 Å². The summed E-state index contributed by atoms with van der Waals surface area (Å²) < 4.78 is 16.6. The average molecular weight is 741 g/mol. The molecule has 4 rings (SSSR count). The van der Waals surface area contributed by atoms with Gasteiger partial charge in [-0.25, -0.2) is 4.79 Å². The summed E-state index contributed by atoms with van der Waals surface area (Å²) in [7, 11) is 1.60. The summed E-state index contributed by atoms with van der Waals surface area (Å²) in [6, 6.07) is 28.5. The Bertz CT molecular complexity index is 1700. The van der Waals surface area contributed by atoms with E-state index in [1.807, 2.05) is 71.0 Å². The number of nitrogens with zero attached hydrogens (tertiary/aromatic N) is 1. The summed E-state index contributed by atoms with van der Waals surface area (Å²) in [5, 5.41) is 9.86.